The molecule has 0 fully saturated rings. The van der Waals surface area contributed by atoms with Gasteiger partial charge in [-0.2, -0.15) is 12.6 Å². The fourth-order valence-corrected chi connectivity index (χ4v) is 2.90. The fraction of sp³-hybridized carbons (Fsp3) is 0.500. The minimum absolute atomic E-state index is 0.0943. The molecule has 1 aliphatic heterocycles. The van der Waals surface area contributed by atoms with Crippen molar-refractivity contribution in [1.29, 1.82) is 0 Å². The van der Waals surface area contributed by atoms with Crippen LogP contribution in [0.2, 0.25) is 0 Å². The van der Waals surface area contributed by atoms with Crippen LogP contribution in [0.25, 0.3) is 0 Å². The van der Waals surface area contributed by atoms with Gasteiger partial charge in [-0.25, -0.2) is 0 Å². The molecule has 0 radical (unpaired) electrons. The molecule has 3 heteroatoms. The molecule has 0 saturated heterocycles. The normalized spacial score (nSPS) is 22.5. The average molecular weight is 265 g/mol. The number of unbranched alkanes of at least 4 members (excludes halogenated alkanes) is 1. The molecule has 0 saturated carbocycles. The van der Waals surface area contributed by atoms with Crippen molar-refractivity contribution in [2.45, 2.75) is 43.4 Å². The summed E-state index contributed by atoms with van der Waals surface area (Å²) in [4.78, 5) is 5.71. The number of thiol groups is 2. The first-order valence-corrected chi connectivity index (χ1v) is 7.16. The number of hydrogen-bond acceptors (Lipinski definition) is 3. The summed E-state index contributed by atoms with van der Waals surface area (Å²) in [5.74, 6) is 0.964. The Kier molecular flexibility index (Phi) is 3.88. The lowest BCUT2D eigenvalue weighted by molar-refractivity contribution is 0.549. The fourth-order valence-electron chi connectivity index (χ4n) is 2.47. The lowest BCUT2D eigenvalue weighted by Crippen LogP contribution is -2.27. The van der Waals surface area contributed by atoms with E-state index in [2.05, 4.69) is 56.2 Å². The average Bonchev–Trinajstić information content (AvgIpc) is 2.53. The molecule has 0 N–H and O–H groups in total. The Hall–Kier alpha value is -0.410. The summed E-state index contributed by atoms with van der Waals surface area (Å²) in [6.45, 7) is 4.43. The maximum atomic E-state index is 4.69. The van der Waals surface area contributed by atoms with Crippen molar-refractivity contribution in [3.05, 3.63) is 23.8 Å². The lowest BCUT2D eigenvalue weighted by Gasteiger charge is -2.26. The zero-order valence-corrected chi connectivity index (χ0v) is 12.2. The van der Waals surface area contributed by atoms with Crippen molar-refractivity contribution in [3.63, 3.8) is 0 Å². The second-order valence-corrected chi connectivity index (χ2v) is 5.88. The first-order valence-electron chi connectivity index (χ1n) is 6.08. The highest BCUT2D eigenvalue weighted by Crippen LogP contribution is 2.44. The molecular weight excluding hydrogens is 246 g/mol. The van der Waals surface area contributed by atoms with E-state index in [0.29, 0.717) is 0 Å². The van der Waals surface area contributed by atoms with Gasteiger partial charge in [0, 0.05) is 16.0 Å². The molecule has 0 spiro atoms. The molecule has 1 heterocycles. The Morgan fingerprint density at radius 2 is 2.06 bits per heavy atom. The molecule has 0 aromatic heterocycles. The Balaban J connectivity index is 2.30. The van der Waals surface area contributed by atoms with Crippen LogP contribution in [-0.4, -0.2) is 11.5 Å². The first-order chi connectivity index (χ1) is 8.08. The number of hydrogen-bond donors (Lipinski definition) is 2. The molecule has 0 bridgehead atoms. The third-order valence-corrected chi connectivity index (χ3v) is 4.34. The molecule has 1 aliphatic rings. The third-order valence-electron chi connectivity index (χ3n) is 3.75. The van der Waals surface area contributed by atoms with Crippen LogP contribution in [0, 0.1) is 0 Å². The largest absolute Gasteiger partial charge is 0.257 e. The standard InChI is InChI=1S/C14H19NS2/c1-10-14(2,7-3-4-8-16)12-9-11(17)5-6-13(12)15-10/h5-6,9,16-17H,3-4,7-8H2,1-2H3. The number of nitrogens with zero attached hydrogens (tertiary/aromatic N) is 1. The molecule has 1 nitrogen and oxygen atoms in total. The lowest BCUT2D eigenvalue weighted by atomic mass is 9.76. The van der Waals surface area contributed by atoms with Gasteiger partial charge in [0.15, 0.2) is 0 Å². The molecule has 92 valence electrons. The molecule has 2 rings (SSSR count). The van der Waals surface area contributed by atoms with Crippen LogP contribution in [0.15, 0.2) is 28.1 Å². The summed E-state index contributed by atoms with van der Waals surface area (Å²) in [7, 11) is 0. The molecular formula is C14H19NS2. The second-order valence-electron chi connectivity index (χ2n) is 4.91. The van der Waals surface area contributed by atoms with Crippen molar-refractivity contribution in [2.75, 3.05) is 5.75 Å². The first kappa shape index (κ1) is 13.0. The van der Waals surface area contributed by atoms with E-state index < -0.39 is 0 Å². The summed E-state index contributed by atoms with van der Waals surface area (Å²) in [6, 6.07) is 6.25. The van der Waals surface area contributed by atoms with E-state index in [1.54, 1.807) is 0 Å². The van der Waals surface area contributed by atoms with Gasteiger partial charge in [0.2, 0.25) is 0 Å². The molecule has 17 heavy (non-hydrogen) atoms. The highest BCUT2D eigenvalue weighted by Gasteiger charge is 2.36. The van der Waals surface area contributed by atoms with E-state index in [0.717, 1.165) is 22.8 Å². The number of fused-ring (bicyclic) bond motifs is 1. The van der Waals surface area contributed by atoms with Crippen molar-refractivity contribution in [3.8, 4) is 0 Å². The van der Waals surface area contributed by atoms with Crippen LogP contribution in [0.1, 0.15) is 38.7 Å². The summed E-state index contributed by atoms with van der Waals surface area (Å²) in [5.41, 5.74) is 3.78. The highest BCUT2D eigenvalue weighted by molar-refractivity contribution is 7.80. The SMILES string of the molecule is CC1=Nc2ccc(S)cc2C1(C)CCCCS. The number of aliphatic imine (C=N–C) groups is 1. The van der Waals surface area contributed by atoms with Gasteiger partial charge >= 0.3 is 0 Å². The van der Waals surface area contributed by atoms with Gasteiger partial charge in [0.05, 0.1) is 5.69 Å². The van der Waals surface area contributed by atoms with Crippen LogP contribution in [-0.2, 0) is 5.41 Å². The van der Waals surface area contributed by atoms with E-state index in [-0.39, 0.29) is 5.41 Å². The molecule has 0 amide bonds. The van der Waals surface area contributed by atoms with Crippen LogP contribution in [0.3, 0.4) is 0 Å². The molecule has 0 aliphatic carbocycles. The van der Waals surface area contributed by atoms with Crippen molar-refractivity contribution in [2.24, 2.45) is 4.99 Å². The van der Waals surface area contributed by atoms with Crippen LogP contribution in [0.5, 0.6) is 0 Å². The topological polar surface area (TPSA) is 12.4 Å². The van der Waals surface area contributed by atoms with Crippen molar-refractivity contribution in [1.82, 2.24) is 0 Å². The predicted molar refractivity (Wildman–Crippen MR) is 81.5 cm³/mol. The van der Waals surface area contributed by atoms with Gasteiger partial charge in [0.25, 0.3) is 0 Å². The second kappa shape index (κ2) is 5.07. The molecule has 1 atom stereocenters. The van der Waals surface area contributed by atoms with Gasteiger partial charge in [-0.05, 0) is 49.3 Å². The summed E-state index contributed by atoms with van der Waals surface area (Å²) in [5, 5.41) is 0. The van der Waals surface area contributed by atoms with Crippen molar-refractivity contribution < 1.29 is 0 Å². The minimum Gasteiger partial charge on any atom is -0.257 e. The third kappa shape index (κ3) is 2.41. The van der Waals surface area contributed by atoms with Crippen LogP contribution < -0.4 is 0 Å². The smallest absolute Gasteiger partial charge is 0.0671 e. The van der Waals surface area contributed by atoms with Gasteiger partial charge in [0.1, 0.15) is 0 Å². The predicted octanol–water partition coefficient (Wildman–Crippen LogP) is 4.44. The zero-order chi connectivity index (χ0) is 12.5. The Labute approximate surface area is 115 Å². The number of rotatable bonds is 4. The van der Waals surface area contributed by atoms with Gasteiger partial charge < -0.3 is 0 Å². The Bertz CT molecular complexity index is 454. The van der Waals surface area contributed by atoms with E-state index in [1.807, 2.05) is 6.07 Å². The highest BCUT2D eigenvalue weighted by atomic mass is 32.1. The summed E-state index contributed by atoms with van der Waals surface area (Å²) >= 11 is 8.71. The molecule has 1 unspecified atom stereocenters. The Morgan fingerprint density at radius 1 is 1.29 bits per heavy atom. The Morgan fingerprint density at radius 3 is 2.76 bits per heavy atom. The minimum atomic E-state index is 0.0943. The summed E-state index contributed by atoms with van der Waals surface area (Å²) < 4.78 is 0. The van der Waals surface area contributed by atoms with E-state index in [1.165, 1.54) is 24.1 Å². The quantitative estimate of drug-likeness (QED) is 0.590. The van der Waals surface area contributed by atoms with Crippen LogP contribution in [0.4, 0.5) is 5.69 Å². The monoisotopic (exact) mass is 265 g/mol. The maximum Gasteiger partial charge on any atom is 0.0671 e. The van der Waals surface area contributed by atoms with E-state index in [9.17, 15) is 0 Å². The van der Waals surface area contributed by atoms with Crippen LogP contribution >= 0.6 is 25.3 Å². The van der Waals surface area contributed by atoms with E-state index >= 15 is 0 Å². The van der Waals surface area contributed by atoms with Gasteiger partial charge in [-0.1, -0.05) is 13.3 Å². The molecule has 1 aromatic rings. The summed E-state index contributed by atoms with van der Waals surface area (Å²) in [6.07, 6.45) is 3.51. The van der Waals surface area contributed by atoms with Crippen molar-refractivity contribution >= 4 is 36.7 Å². The van der Waals surface area contributed by atoms with E-state index in [4.69, 9.17) is 0 Å². The number of benzene rings is 1. The van der Waals surface area contributed by atoms with Gasteiger partial charge in [-0.15, -0.1) is 12.6 Å². The maximum absolute atomic E-state index is 4.69. The van der Waals surface area contributed by atoms with Gasteiger partial charge in [-0.3, -0.25) is 4.99 Å². The zero-order valence-electron chi connectivity index (χ0n) is 10.4. The molecule has 1 aromatic carbocycles.